The SMILES string of the molecule is O=C(O)C=Cc1ccc(OCCCC2CCCO2)c(Br)c1. The molecule has 1 aliphatic rings. The minimum Gasteiger partial charge on any atom is -0.492 e. The van der Waals surface area contributed by atoms with E-state index in [-0.39, 0.29) is 0 Å². The summed E-state index contributed by atoms with van der Waals surface area (Å²) < 4.78 is 12.1. The molecule has 114 valence electrons. The maximum atomic E-state index is 10.5. The number of ether oxygens (including phenoxy) is 2. The number of rotatable bonds is 7. The number of aliphatic carboxylic acids is 1. The van der Waals surface area contributed by atoms with Gasteiger partial charge in [0.2, 0.25) is 0 Å². The lowest BCUT2D eigenvalue weighted by Crippen LogP contribution is -2.07. The zero-order chi connectivity index (χ0) is 15.1. The summed E-state index contributed by atoms with van der Waals surface area (Å²) in [5.41, 5.74) is 0.816. The Morgan fingerprint density at radius 2 is 2.38 bits per heavy atom. The predicted molar refractivity (Wildman–Crippen MR) is 84.5 cm³/mol. The zero-order valence-electron chi connectivity index (χ0n) is 11.8. The van der Waals surface area contributed by atoms with E-state index >= 15 is 0 Å². The minimum absolute atomic E-state index is 0.403. The maximum absolute atomic E-state index is 10.5. The second-order valence-electron chi connectivity index (χ2n) is 4.99. The first-order valence-corrected chi connectivity index (χ1v) is 7.89. The minimum atomic E-state index is -0.958. The maximum Gasteiger partial charge on any atom is 0.328 e. The number of halogens is 1. The van der Waals surface area contributed by atoms with E-state index in [0.29, 0.717) is 12.7 Å². The molecule has 1 N–H and O–H groups in total. The first-order valence-electron chi connectivity index (χ1n) is 7.10. The molecule has 1 fully saturated rings. The van der Waals surface area contributed by atoms with Crippen molar-refractivity contribution in [3.05, 3.63) is 34.3 Å². The van der Waals surface area contributed by atoms with Crippen LogP contribution in [0.25, 0.3) is 6.08 Å². The molecule has 1 aromatic carbocycles. The molecular weight excluding hydrogens is 336 g/mol. The van der Waals surface area contributed by atoms with Gasteiger partial charge in [-0.1, -0.05) is 6.07 Å². The Kier molecular flexibility index (Phi) is 6.26. The van der Waals surface area contributed by atoms with E-state index < -0.39 is 5.97 Å². The van der Waals surface area contributed by atoms with Gasteiger partial charge < -0.3 is 14.6 Å². The molecule has 1 heterocycles. The van der Waals surface area contributed by atoms with Gasteiger partial charge in [0.1, 0.15) is 5.75 Å². The van der Waals surface area contributed by atoms with Gasteiger partial charge in [-0.3, -0.25) is 0 Å². The molecule has 4 nitrogen and oxygen atoms in total. The first kappa shape index (κ1) is 16.0. The summed E-state index contributed by atoms with van der Waals surface area (Å²) in [4.78, 5) is 10.5. The highest BCUT2D eigenvalue weighted by molar-refractivity contribution is 9.10. The molecule has 5 heteroatoms. The largest absolute Gasteiger partial charge is 0.492 e. The highest BCUT2D eigenvalue weighted by atomic mass is 79.9. The number of carbonyl (C=O) groups is 1. The summed E-state index contributed by atoms with van der Waals surface area (Å²) in [5.74, 6) is -0.185. The Bertz CT molecular complexity index is 507. The topological polar surface area (TPSA) is 55.8 Å². The van der Waals surface area contributed by atoms with E-state index in [1.165, 1.54) is 6.42 Å². The monoisotopic (exact) mass is 354 g/mol. The molecular formula is C16H19BrO4. The Balaban J connectivity index is 1.78. The van der Waals surface area contributed by atoms with Crippen LogP contribution in [0.15, 0.2) is 28.7 Å². The van der Waals surface area contributed by atoms with Crippen molar-refractivity contribution >= 4 is 28.0 Å². The lowest BCUT2D eigenvalue weighted by Gasteiger charge is -2.11. The van der Waals surface area contributed by atoms with Crippen molar-refractivity contribution in [1.82, 2.24) is 0 Å². The van der Waals surface area contributed by atoms with Gasteiger partial charge >= 0.3 is 5.97 Å². The second-order valence-corrected chi connectivity index (χ2v) is 5.84. The molecule has 0 aliphatic carbocycles. The van der Waals surface area contributed by atoms with Crippen LogP contribution in [0.2, 0.25) is 0 Å². The quantitative estimate of drug-likeness (QED) is 0.596. The second kappa shape index (κ2) is 8.20. The highest BCUT2D eigenvalue weighted by Gasteiger charge is 2.14. The van der Waals surface area contributed by atoms with Gasteiger partial charge in [0.05, 0.1) is 17.2 Å². The van der Waals surface area contributed by atoms with Crippen LogP contribution in [0.5, 0.6) is 5.75 Å². The van der Waals surface area contributed by atoms with Crippen LogP contribution in [0.1, 0.15) is 31.2 Å². The predicted octanol–water partition coefficient (Wildman–Crippen LogP) is 3.88. The lowest BCUT2D eigenvalue weighted by atomic mass is 10.1. The fraction of sp³-hybridized carbons (Fsp3) is 0.438. The van der Waals surface area contributed by atoms with Crippen molar-refractivity contribution in [2.24, 2.45) is 0 Å². The number of carboxylic acid groups (broad SMARTS) is 1. The molecule has 1 saturated heterocycles. The third-order valence-electron chi connectivity index (χ3n) is 3.33. The van der Waals surface area contributed by atoms with E-state index in [4.69, 9.17) is 14.6 Å². The molecule has 0 spiro atoms. The summed E-state index contributed by atoms with van der Waals surface area (Å²) in [6, 6.07) is 5.52. The first-order chi connectivity index (χ1) is 10.1. The molecule has 2 rings (SSSR count). The number of hydrogen-bond donors (Lipinski definition) is 1. The van der Waals surface area contributed by atoms with Gasteiger partial charge in [-0.25, -0.2) is 4.79 Å². The van der Waals surface area contributed by atoms with Crippen LogP contribution in [0.3, 0.4) is 0 Å². The molecule has 21 heavy (non-hydrogen) atoms. The van der Waals surface area contributed by atoms with Crippen molar-refractivity contribution in [2.45, 2.75) is 31.8 Å². The van der Waals surface area contributed by atoms with E-state index in [9.17, 15) is 4.79 Å². The average molecular weight is 355 g/mol. The molecule has 1 unspecified atom stereocenters. The smallest absolute Gasteiger partial charge is 0.328 e. The highest BCUT2D eigenvalue weighted by Crippen LogP contribution is 2.27. The van der Waals surface area contributed by atoms with Crippen molar-refractivity contribution in [1.29, 1.82) is 0 Å². The van der Waals surface area contributed by atoms with Crippen molar-refractivity contribution in [3.8, 4) is 5.75 Å². The number of hydrogen-bond acceptors (Lipinski definition) is 3. The van der Waals surface area contributed by atoms with Gasteiger partial charge in [-0.2, -0.15) is 0 Å². The van der Waals surface area contributed by atoms with Gasteiger partial charge in [-0.15, -0.1) is 0 Å². The Labute approximate surface area is 132 Å². The van der Waals surface area contributed by atoms with Gasteiger partial charge in [0.25, 0.3) is 0 Å². The summed E-state index contributed by atoms with van der Waals surface area (Å²) in [5, 5.41) is 8.60. The van der Waals surface area contributed by atoms with E-state index in [0.717, 1.165) is 47.7 Å². The van der Waals surface area contributed by atoms with E-state index in [1.54, 1.807) is 6.08 Å². The molecule has 1 aromatic rings. The third kappa shape index (κ3) is 5.52. The van der Waals surface area contributed by atoms with Crippen molar-refractivity contribution in [3.63, 3.8) is 0 Å². The Morgan fingerprint density at radius 3 is 3.05 bits per heavy atom. The summed E-state index contributed by atoms with van der Waals surface area (Å²) in [7, 11) is 0. The van der Waals surface area contributed by atoms with E-state index in [2.05, 4.69) is 15.9 Å². The van der Waals surface area contributed by atoms with Gasteiger partial charge in [0.15, 0.2) is 0 Å². The Hall–Kier alpha value is -1.33. The van der Waals surface area contributed by atoms with Crippen LogP contribution in [-0.2, 0) is 9.53 Å². The third-order valence-corrected chi connectivity index (χ3v) is 3.95. The van der Waals surface area contributed by atoms with Crippen LogP contribution >= 0.6 is 15.9 Å². The van der Waals surface area contributed by atoms with Crippen molar-refractivity contribution in [2.75, 3.05) is 13.2 Å². The van der Waals surface area contributed by atoms with Crippen molar-refractivity contribution < 1.29 is 19.4 Å². The lowest BCUT2D eigenvalue weighted by molar-refractivity contribution is -0.131. The molecule has 0 bridgehead atoms. The number of benzene rings is 1. The summed E-state index contributed by atoms with van der Waals surface area (Å²) in [6.07, 6.45) is 7.41. The van der Waals surface area contributed by atoms with Crippen LogP contribution in [-0.4, -0.2) is 30.4 Å². The fourth-order valence-electron chi connectivity index (χ4n) is 2.27. The number of carboxylic acids is 1. The molecule has 0 saturated carbocycles. The normalized spacial score (nSPS) is 18.2. The molecule has 1 aliphatic heterocycles. The van der Waals surface area contributed by atoms with Gasteiger partial charge in [-0.05, 0) is 65.4 Å². The Morgan fingerprint density at radius 1 is 1.52 bits per heavy atom. The van der Waals surface area contributed by atoms with E-state index in [1.807, 2.05) is 18.2 Å². The van der Waals surface area contributed by atoms with Crippen LogP contribution in [0, 0.1) is 0 Å². The van der Waals surface area contributed by atoms with Crippen LogP contribution in [0.4, 0.5) is 0 Å². The molecule has 1 atom stereocenters. The molecule has 0 aromatic heterocycles. The average Bonchev–Trinajstić information content (AvgIpc) is 2.96. The van der Waals surface area contributed by atoms with Crippen LogP contribution < -0.4 is 4.74 Å². The van der Waals surface area contributed by atoms with Gasteiger partial charge in [0, 0.05) is 12.7 Å². The fourth-order valence-corrected chi connectivity index (χ4v) is 2.78. The summed E-state index contributed by atoms with van der Waals surface area (Å²) >= 11 is 3.44. The zero-order valence-corrected chi connectivity index (χ0v) is 13.3. The molecule has 0 radical (unpaired) electrons. The summed E-state index contributed by atoms with van der Waals surface area (Å²) in [6.45, 7) is 1.55. The molecule has 0 amide bonds. The standard InChI is InChI=1S/C16H19BrO4/c17-14-11-12(6-8-16(18)19)5-7-15(14)21-10-2-4-13-3-1-9-20-13/h5-8,11,13H,1-4,9-10H2,(H,18,19).